The Morgan fingerprint density at radius 3 is 2.60 bits per heavy atom. The van der Waals surface area contributed by atoms with E-state index in [-0.39, 0.29) is 5.41 Å². The molecule has 25 heavy (non-hydrogen) atoms. The van der Waals surface area contributed by atoms with Crippen LogP contribution in [0.3, 0.4) is 0 Å². The van der Waals surface area contributed by atoms with Crippen LogP contribution < -0.4 is 5.32 Å². The maximum atomic E-state index is 11.2. The lowest BCUT2D eigenvalue weighted by Gasteiger charge is -2.57. The Morgan fingerprint density at radius 2 is 1.96 bits per heavy atom. The molecule has 0 aliphatic heterocycles. The first-order chi connectivity index (χ1) is 12.0. The zero-order valence-corrected chi connectivity index (χ0v) is 17.3. The van der Waals surface area contributed by atoms with E-state index in [1.165, 1.54) is 31.3 Å². The third-order valence-corrected chi connectivity index (χ3v) is 7.87. The fourth-order valence-corrected chi connectivity index (χ4v) is 6.19. The highest BCUT2D eigenvalue weighted by Gasteiger charge is 2.55. The minimum atomic E-state index is 0.199. The number of allylic oxidation sites excluding steroid dienone is 4. The van der Waals surface area contributed by atoms with Crippen LogP contribution in [0, 0.1) is 28.6 Å². The molecule has 0 radical (unpaired) electrons. The van der Waals surface area contributed by atoms with E-state index in [4.69, 9.17) is 0 Å². The molecule has 3 aliphatic carbocycles. The number of fused-ring (bicyclic) bond motifs is 3. The molecule has 2 heteroatoms. The lowest BCUT2D eigenvalue weighted by atomic mass is 9.48. The summed E-state index contributed by atoms with van der Waals surface area (Å²) in [5.41, 5.74) is 3.68. The third kappa shape index (κ3) is 3.39. The molecule has 5 atom stereocenters. The smallest absolute Gasteiger partial charge is 0.142 e. The molecule has 0 bridgehead atoms. The van der Waals surface area contributed by atoms with Crippen LogP contribution >= 0.6 is 0 Å². The largest absolute Gasteiger partial charge is 0.320 e. The van der Waals surface area contributed by atoms with Gasteiger partial charge in [0.05, 0.1) is 0 Å². The summed E-state index contributed by atoms with van der Waals surface area (Å²) in [6, 6.07) is 0. The van der Waals surface area contributed by atoms with E-state index in [1.54, 1.807) is 5.57 Å². The maximum Gasteiger partial charge on any atom is 0.142 e. The topological polar surface area (TPSA) is 29.1 Å². The molecule has 3 rings (SSSR count). The first-order valence-corrected chi connectivity index (χ1v) is 10.4. The normalized spacial score (nSPS) is 41.3. The molecular weight excluding hydrogens is 306 g/mol. The fraction of sp³-hybridized carbons (Fsp3) is 0.783. The molecule has 5 unspecified atom stereocenters. The summed E-state index contributed by atoms with van der Waals surface area (Å²) >= 11 is 0. The van der Waals surface area contributed by atoms with Crippen molar-refractivity contribution in [3.8, 4) is 0 Å². The van der Waals surface area contributed by atoms with Crippen molar-refractivity contribution in [2.75, 3.05) is 13.6 Å². The molecule has 142 valence electrons. The minimum Gasteiger partial charge on any atom is -0.320 e. The van der Waals surface area contributed by atoms with E-state index >= 15 is 0 Å². The van der Waals surface area contributed by atoms with Crippen molar-refractivity contribution < 1.29 is 4.79 Å². The van der Waals surface area contributed by atoms with Crippen molar-refractivity contribution in [2.45, 2.75) is 73.1 Å². The van der Waals surface area contributed by atoms with Crippen LogP contribution in [-0.2, 0) is 4.79 Å². The quantitative estimate of drug-likeness (QED) is 0.411. The van der Waals surface area contributed by atoms with E-state index in [2.05, 4.69) is 32.2 Å². The van der Waals surface area contributed by atoms with Gasteiger partial charge in [-0.25, -0.2) is 0 Å². The van der Waals surface area contributed by atoms with Crippen molar-refractivity contribution in [3.63, 3.8) is 0 Å². The van der Waals surface area contributed by atoms with E-state index < -0.39 is 0 Å². The number of nitrogens with one attached hydrogen (secondary N) is 1. The molecule has 0 aromatic carbocycles. The standard InChI is InChI=1S/C21H33NO.C2H6/c1-15-5-8-18-17-7-6-16(10-14-23)21(3,12-13-22-4)19(17)9-11-20(15,18)2;1-2/h5,10,14,17-19,22H,6-9,11-13H2,1-4H3;1-2H3/b16-10-;. The monoisotopic (exact) mass is 345 g/mol. The van der Waals surface area contributed by atoms with Crippen LogP contribution in [0.15, 0.2) is 23.3 Å². The summed E-state index contributed by atoms with van der Waals surface area (Å²) in [6.07, 6.45) is 12.9. The van der Waals surface area contributed by atoms with Gasteiger partial charge in [0.2, 0.25) is 0 Å². The van der Waals surface area contributed by atoms with Crippen molar-refractivity contribution >= 4 is 6.29 Å². The Balaban J connectivity index is 0.00000109. The Labute approximate surface area is 155 Å². The van der Waals surface area contributed by atoms with Gasteiger partial charge in [-0.1, -0.05) is 44.9 Å². The van der Waals surface area contributed by atoms with E-state index in [0.29, 0.717) is 5.41 Å². The summed E-state index contributed by atoms with van der Waals surface area (Å²) in [5, 5.41) is 3.33. The van der Waals surface area contributed by atoms with Crippen LogP contribution in [-0.4, -0.2) is 19.9 Å². The van der Waals surface area contributed by atoms with E-state index in [0.717, 1.165) is 43.4 Å². The fourth-order valence-electron chi connectivity index (χ4n) is 6.19. The lowest BCUT2D eigenvalue weighted by molar-refractivity contribution is -0.104. The Kier molecular flexibility index (Phi) is 6.70. The molecule has 1 N–H and O–H groups in total. The summed E-state index contributed by atoms with van der Waals surface area (Å²) in [5.74, 6) is 2.40. The molecule has 0 heterocycles. The highest BCUT2D eigenvalue weighted by atomic mass is 16.1. The van der Waals surface area contributed by atoms with E-state index in [9.17, 15) is 4.79 Å². The van der Waals surface area contributed by atoms with Crippen LogP contribution in [0.25, 0.3) is 0 Å². The zero-order valence-electron chi connectivity index (χ0n) is 17.3. The lowest BCUT2D eigenvalue weighted by Crippen LogP contribution is -2.49. The van der Waals surface area contributed by atoms with Crippen LogP contribution in [0.1, 0.15) is 73.1 Å². The van der Waals surface area contributed by atoms with Gasteiger partial charge < -0.3 is 5.32 Å². The molecule has 2 fully saturated rings. The summed E-state index contributed by atoms with van der Waals surface area (Å²) < 4.78 is 0. The van der Waals surface area contributed by atoms with Crippen LogP contribution in [0.2, 0.25) is 0 Å². The predicted molar refractivity (Wildman–Crippen MR) is 108 cm³/mol. The maximum absolute atomic E-state index is 11.2. The molecule has 3 aliphatic rings. The van der Waals surface area contributed by atoms with Crippen molar-refractivity contribution in [1.82, 2.24) is 5.32 Å². The molecule has 2 nitrogen and oxygen atoms in total. The second-order valence-corrected chi connectivity index (χ2v) is 8.59. The molecule has 0 aromatic rings. The first-order valence-electron chi connectivity index (χ1n) is 10.4. The number of hydrogen-bond donors (Lipinski definition) is 1. The number of carbonyl (C=O) groups is 1. The number of hydrogen-bond acceptors (Lipinski definition) is 2. The van der Waals surface area contributed by atoms with Gasteiger partial charge in [-0.2, -0.15) is 0 Å². The Morgan fingerprint density at radius 1 is 1.24 bits per heavy atom. The van der Waals surface area contributed by atoms with Gasteiger partial charge in [0, 0.05) is 0 Å². The molecule has 0 spiro atoms. The minimum absolute atomic E-state index is 0.199. The SMILES string of the molecule is CC.CNCCC1(C)/C(=C\C=O)CCC2C3CC=C(C)C3(C)CCC21. The summed E-state index contributed by atoms with van der Waals surface area (Å²) in [6.45, 7) is 12.3. The summed E-state index contributed by atoms with van der Waals surface area (Å²) in [4.78, 5) is 11.2. The number of carbonyl (C=O) groups excluding carboxylic acids is 1. The number of rotatable bonds is 4. The molecular formula is C23H39NO. The van der Waals surface area contributed by atoms with Gasteiger partial charge in [-0.05, 0) is 93.7 Å². The summed E-state index contributed by atoms with van der Waals surface area (Å²) in [7, 11) is 2.04. The van der Waals surface area contributed by atoms with Crippen LogP contribution in [0.5, 0.6) is 0 Å². The molecule has 0 saturated heterocycles. The van der Waals surface area contributed by atoms with Gasteiger partial charge in [-0.15, -0.1) is 0 Å². The second-order valence-electron chi connectivity index (χ2n) is 8.59. The Hall–Kier alpha value is -0.890. The van der Waals surface area contributed by atoms with Crippen molar-refractivity contribution in [1.29, 1.82) is 0 Å². The van der Waals surface area contributed by atoms with Gasteiger partial charge in [0.25, 0.3) is 0 Å². The van der Waals surface area contributed by atoms with Gasteiger partial charge in [0.1, 0.15) is 6.29 Å². The Bertz CT molecular complexity index is 534. The molecule has 0 amide bonds. The second kappa shape index (κ2) is 8.20. The third-order valence-electron chi connectivity index (χ3n) is 7.87. The van der Waals surface area contributed by atoms with Crippen molar-refractivity contribution in [2.24, 2.45) is 28.6 Å². The van der Waals surface area contributed by atoms with Crippen molar-refractivity contribution in [3.05, 3.63) is 23.3 Å². The first kappa shape index (κ1) is 20.4. The van der Waals surface area contributed by atoms with E-state index in [1.807, 2.05) is 27.0 Å². The van der Waals surface area contributed by atoms with Gasteiger partial charge >= 0.3 is 0 Å². The number of aldehydes is 1. The molecule has 0 aromatic heterocycles. The molecule has 2 saturated carbocycles. The van der Waals surface area contributed by atoms with Gasteiger partial charge in [-0.3, -0.25) is 4.79 Å². The van der Waals surface area contributed by atoms with Gasteiger partial charge in [0.15, 0.2) is 0 Å². The highest BCUT2D eigenvalue weighted by Crippen LogP contribution is 2.64. The highest BCUT2D eigenvalue weighted by molar-refractivity contribution is 5.66. The zero-order chi connectivity index (χ0) is 18.7. The average molecular weight is 346 g/mol. The average Bonchev–Trinajstić information content (AvgIpc) is 2.93. The van der Waals surface area contributed by atoms with Crippen LogP contribution in [0.4, 0.5) is 0 Å². The predicted octanol–water partition coefficient (Wildman–Crippen LogP) is 5.55.